The molecule has 5 unspecified atom stereocenters. The van der Waals surface area contributed by atoms with E-state index < -0.39 is 97.5 Å². The van der Waals surface area contributed by atoms with Crippen molar-refractivity contribution in [3.8, 4) is 0 Å². The molecule has 0 aliphatic heterocycles. The van der Waals surface area contributed by atoms with E-state index in [2.05, 4.69) is 88.5 Å². The second-order valence-electron chi connectivity index (χ2n) is 26.6. The van der Waals surface area contributed by atoms with Gasteiger partial charge in [0.2, 0.25) is 0 Å². The molecule has 0 amide bonds. The molecule has 0 spiro atoms. The molecule has 0 rings (SSSR count). The first-order chi connectivity index (χ1) is 47.7. The van der Waals surface area contributed by atoms with E-state index in [1.165, 1.54) is 128 Å². The predicted molar refractivity (Wildman–Crippen MR) is 400 cm³/mol. The largest absolute Gasteiger partial charge is 0.472 e. The fraction of sp³-hybridized carbons (Fsp3) is 0.823. The number of carbonyl (C=O) groups excluding carboxylic acids is 4. The maximum Gasteiger partial charge on any atom is 0.472 e. The van der Waals surface area contributed by atoms with Crippen LogP contribution in [0.15, 0.2) is 60.8 Å². The molecular weight excluding hydrogens is 1280 g/mol. The molecule has 98 heavy (non-hydrogen) atoms. The van der Waals surface area contributed by atoms with Crippen molar-refractivity contribution in [1.29, 1.82) is 0 Å². The predicted octanol–water partition coefficient (Wildman–Crippen LogP) is 22.7. The van der Waals surface area contributed by atoms with Gasteiger partial charge in [0.25, 0.3) is 0 Å². The molecule has 0 saturated heterocycles. The van der Waals surface area contributed by atoms with Crippen LogP contribution < -0.4 is 0 Å². The number of hydrogen-bond acceptors (Lipinski definition) is 15. The number of aliphatic hydroxyl groups is 1. The van der Waals surface area contributed by atoms with Gasteiger partial charge in [-0.05, 0) is 89.9 Å². The van der Waals surface area contributed by atoms with Crippen LogP contribution in [-0.4, -0.2) is 96.7 Å². The van der Waals surface area contributed by atoms with E-state index in [0.29, 0.717) is 25.7 Å². The van der Waals surface area contributed by atoms with Crippen molar-refractivity contribution in [3.63, 3.8) is 0 Å². The molecule has 0 saturated carbocycles. The summed E-state index contributed by atoms with van der Waals surface area (Å²) in [5.41, 5.74) is 0. The summed E-state index contributed by atoms with van der Waals surface area (Å²) < 4.78 is 68.5. The molecule has 5 atom stereocenters. The number of unbranched alkanes of at least 4 members (excludes halogenated alkanes) is 39. The molecule has 19 heteroatoms. The van der Waals surface area contributed by atoms with E-state index in [1.807, 2.05) is 0 Å². The Hall–Kier alpha value is -3.24. The van der Waals surface area contributed by atoms with Crippen LogP contribution in [0.25, 0.3) is 0 Å². The van der Waals surface area contributed by atoms with E-state index in [1.54, 1.807) is 0 Å². The number of esters is 4. The van der Waals surface area contributed by atoms with Crippen LogP contribution in [0.4, 0.5) is 0 Å². The number of ether oxygens (including phenoxy) is 4. The van der Waals surface area contributed by atoms with Gasteiger partial charge in [-0.1, -0.05) is 307 Å². The number of hydrogen-bond donors (Lipinski definition) is 3. The Balaban J connectivity index is 5.28. The molecule has 0 aromatic carbocycles. The van der Waals surface area contributed by atoms with Gasteiger partial charge in [0.15, 0.2) is 12.2 Å². The van der Waals surface area contributed by atoms with Crippen LogP contribution >= 0.6 is 15.6 Å². The molecular formula is C79H144O17P2. The lowest BCUT2D eigenvalue weighted by Gasteiger charge is -2.21. The normalized spacial score (nSPS) is 14.2. The molecule has 0 aliphatic carbocycles. The minimum absolute atomic E-state index is 0.0971. The summed E-state index contributed by atoms with van der Waals surface area (Å²) in [6.07, 6.45) is 70.6. The third-order valence-corrected chi connectivity index (χ3v) is 18.9. The molecule has 3 N–H and O–H groups in total. The van der Waals surface area contributed by atoms with Crippen molar-refractivity contribution < 1.29 is 80.2 Å². The molecule has 17 nitrogen and oxygen atoms in total. The Bertz CT molecular complexity index is 2100. The topological polar surface area (TPSA) is 237 Å². The lowest BCUT2D eigenvalue weighted by atomic mass is 10.0. The van der Waals surface area contributed by atoms with Crippen molar-refractivity contribution in [2.24, 2.45) is 0 Å². The number of rotatable bonds is 75. The van der Waals surface area contributed by atoms with Crippen molar-refractivity contribution in [2.45, 2.75) is 380 Å². The second kappa shape index (κ2) is 72.1. The van der Waals surface area contributed by atoms with Crippen molar-refractivity contribution in [2.75, 3.05) is 39.6 Å². The average Bonchev–Trinajstić information content (AvgIpc) is 1.00. The van der Waals surface area contributed by atoms with Crippen LogP contribution in [0, 0.1) is 0 Å². The van der Waals surface area contributed by atoms with Crippen LogP contribution in [-0.2, 0) is 65.4 Å². The summed E-state index contributed by atoms with van der Waals surface area (Å²) in [6, 6.07) is 0. The first-order valence-electron chi connectivity index (χ1n) is 39.5. The van der Waals surface area contributed by atoms with Crippen molar-refractivity contribution in [3.05, 3.63) is 60.8 Å². The maximum atomic E-state index is 13.1. The molecule has 0 aliphatic rings. The minimum Gasteiger partial charge on any atom is -0.462 e. The number of allylic oxidation sites excluding steroid dienone is 10. The Morgan fingerprint density at radius 3 is 0.827 bits per heavy atom. The van der Waals surface area contributed by atoms with Gasteiger partial charge >= 0.3 is 39.5 Å². The summed E-state index contributed by atoms with van der Waals surface area (Å²) in [5.74, 6) is -2.16. The third kappa shape index (κ3) is 71.2. The van der Waals surface area contributed by atoms with Crippen LogP contribution in [0.3, 0.4) is 0 Å². The Morgan fingerprint density at radius 2 is 0.531 bits per heavy atom. The summed E-state index contributed by atoms with van der Waals surface area (Å²) in [7, 11) is -9.93. The standard InChI is InChI=1S/C79H144O17P2/c1-5-9-13-17-21-25-29-32-34-35-36-37-39-42-45-48-52-56-60-64-77(82)89-69-74(95-78(83)65-61-57-53-49-43-28-24-20-16-12-8-4)71-93-97(85,86)91-67-73(80)68-92-98(87,88)94-72-75(96-79(84)66-62-58-54-50-46-40-31-27-23-19-15-11-7-3)70-90-76(81)63-59-55-51-47-44-41-38-33-30-26-22-18-14-10-6-2/h9,13,21,25,32-34,36-38,73-75,80H,5-8,10-12,14-20,22-24,26-31,35,39-72H2,1-4H3,(H,85,86)(H,87,88)/b13-9-,25-21-,34-32-,37-36-,38-33-. The van der Waals surface area contributed by atoms with E-state index in [0.717, 1.165) is 154 Å². The zero-order chi connectivity index (χ0) is 71.8. The average molecular weight is 1430 g/mol. The van der Waals surface area contributed by atoms with Crippen LogP contribution in [0.2, 0.25) is 0 Å². The van der Waals surface area contributed by atoms with Gasteiger partial charge in [-0.15, -0.1) is 0 Å². The first kappa shape index (κ1) is 94.8. The molecule has 0 heterocycles. The Morgan fingerprint density at radius 1 is 0.296 bits per heavy atom. The smallest absolute Gasteiger partial charge is 0.462 e. The highest BCUT2D eigenvalue weighted by atomic mass is 31.2. The van der Waals surface area contributed by atoms with Gasteiger partial charge in [0.1, 0.15) is 19.3 Å². The van der Waals surface area contributed by atoms with Crippen molar-refractivity contribution >= 4 is 39.5 Å². The minimum atomic E-state index is -4.97. The van der Waals surface area contributed by atoms with Gasteiger partial charge in [0.05, 0.1) is 26.4 Å². The second-order valence-corrected chi connectivity index (χ2v) is 29.5. The van der Waals surface area contributed by atoms with E-state index in [4.69, 9.17) is 37.0 Å². The highest BCUT2D eigenvalue weighted by Gasteiger charge is 2.30. The highest BCUT2D eigenvalue weighted by Crippen LogP contribution is 2.45. The molecule has 0 fully saturated rings. The van der Waals surface area contributed by atoms with Crippen molar-refractivity contribution in [1.82, 2.24) is 0 Å². The maximum absolute atomic E-state index is 13.1. The quantitative estimate of drug-likeness (QED) is 0.0169. The van der Waals surface area contributed by atoms with Gasteiger partial charge in [-0.25, -0.2) is 9.13 Å². The van der Waals surface area contributed by atoms with Crippen LogP contribution in [0.5, 0.6) is 0 Å². The van der Waals surface area contributed by atoms with E-state index in [9.17, 15) is 43.2 Å². The van der Waals surface area contributed by atoms with Gasteiger partial charge in [-0.2, -0.15) is 0 Å². The summed E-state index contributed by atoms with van der Waals surface area (Å²) in [5, 5.41) is 10.6. The monoisotopic (exact) mass is 1430 g/mol. The summed E-state index contributed by atoms with van der Waals surface area (Å²) >= 11 is 0. The lowest BCUT2D eigenvalue weighted by molar-refractivity contribution is -0.161. The lowest BCUT2D eigenvalue weighted by Crippen LogP contribution is -2.30. The highest BCUT2D eigenvalue weighted by molar-refractivity contribution is 7.47. The Labute approximate surface area is 597 Å². The first-order valence-corrected chi connectivity index (χ1v) is 42.5. The molecule has 0 aromatic rings. The third-order valence-electron chi connectivity index (χ3n) is 17.0. The molecule has 0 aromatic heterocycles. The zero-order valence-electron chi connectivity index (χ0n) is 62.5. The summed E-state index contributed by atoms with van der Waals surface area (Å²) in [6.45, 7) is 4.79. The van der Waals surface area contributed by atoms with E-state index in [-0.39, 0.29) is 25.7 Å². The Kier molecular flexibility index (Phi) is 69.7. The van der Waals surface area contributed by atoms with E-state index >= 15 is 0 Å². The van der Waals surface area contributed by atoms with Gasteiger partial charge < -0.3 is 33.8 Å². The molecule has 0 bridgehead atoms. The molecule has 0 radical (unpaired) electrons. The van der Waals surface area contributed by atoms with Gasteiger partial charge in [-0.3, -0.25) is 37.3 Å². The number of phosphoric acid groups is 2. The number of aliphatic hydroxyl groups excluding tert-OH is 1. The fourth-order valence-corrected chi connectivity index (χ4v) is 12.6. The SMILES string of the molecule is CC/C=C\C/C=C\C/C=C\C/C=C\CCCCCCCCC(=O)OCC(COP(=O)(O)OCC(O)COP(=O)(O)OCC(COC(=O)CCCCCCC/C=C\CCCCCCCC)OC(=O)CCCCCCCCCCCCCCC)OC(=O)CCCCCCCCCCCCC. The molecule has 572 valence electrons. The fourth-order valence-electron chi connectivity index (χ4n) is 11.0. The number of carbonyl (C=O) groups is 4. The zero-order valence-corrected chi connectivity index (χ0v) is 64.3. The summed E-state index contributed by atoms with van der Waals surface area (Å²) in [4.78, 5) is 72.9. The van der Waals surface area contributed by atoms with Gasteiger partial charge in [0, 0.05) is 25.7 Å². The van der Waals surface area contributed by atoms with Crippen LogP contribution in [0.1, 0.15) is 362 Å². The number of phosphoric ester groups is 2.